The fraction of sp³-hybridized carbons (Fsp3) is 0.500. The molecule has 0 spiro atoms. The second-order valence-corrected chi connectivity index (χ2v) is 7.02. The Morgan fingerprint density at radius 3 is 2.50 bits per heavy atom. The summed E-state index contributed by atoms with van der Waals surface area (Å²) in [4.78, 5) is 24.1. The van der Waals surface area contributed by atoms with Crippen molar-refractivity contribution in [2.24, 2.45) is 11.7 Å². The minimum atomic E-state index is -0.582. The average Bonchev–Trinajstić information content (AvgIpc) is 2.78. The van der Waals surface area contributed by atoms with Crippen LogP contribution >= 0.6 is 39.7 Å². The van der Waals surface area contributed by atoms with Gasteiger partial charge in [-0.05, 0) is 34.0 Å². The number of hydrogen-bond donors (Lipinski definition) is 3. The molecule has 5 nitrogen and oxygen atoms in total. The number of thiophene rings is 1. The van der Waals surface area contributed by atoms with E-state index in [4.69, 9.17) is 5.73 Å². The molecule has 4 N–H and O–H groups in total. The standard InChI is InChI=1S/C12H18BrN3O2S.ClH/c1-7(2)11(14)12(18)16-6-10(17)15-5-8-3-4-9(13)19-8;/h3-4,7,11H,5-6,14H2,1-2H3,(H,15,17)(H,16,18);1H/t11-;/m0./s1. The van der Waals surface area contributed by atoms with E-state index < -0.39 is 6.04 Å². The van der Waals surface area contributed by atoms with Crippen molar-refractivity contribution in [2.45, 2.75) is 26.4 Å². The summed E-state index contributed by atoms with van der Waals surface area (Å²) in [6.45, 7) is 4.13. The first-order valence-corrected chi connectivity index (χ1v) is 7.55. The largest absolute Gasteiger partial charge is 0.350 e. The van der Waals surface area contributed by atoms with Crippen molar-refractivity contribution < 1.29 is 9.59 Å². The highest BCUT2D eigenvalue weighted by Gasteiger charge is 2.17. The van der Waals surface area contributed by atoms with Gasteiger partial charge in [-0.25, -0.2) is 0 Å². The monoisotopic (exact) mass is 383 g/mol. The van der Waals surface area contributed by atoms with E-state index in [1.807, 2.05) is 26.0 Å². The molecular formula is C12H19BrClN3O2S. The van der Waals surface area contributed by atoms with E-state index in [1.165, 1.54) is 0 Å². The molecule has 0 aliphatic rings. The third-order valence-corrected chi connectivity index (χ3v) is 4.16. The highest BCUT2D eigenvalue weighted by Crippen LogP contribution is 2.21. The van der Waals surface area contributed by atoms with Crippen molar-refractivity contribution in [2.75, 3.05) is 6.54 Å². The molecule has 0 unspecified atom stereocenters. The van der Waals surface area contributed by atoms with Crippen LogP contribution in [0.3, 0.4) is 0 Å². The normalized spacial score (nSPS) is 11.7. The molecular weight excluding hydrogens is 366 g/mol. The fourth-order valence-electron chi connectivity index (χ4n) is 1.28. The first kappa shape index (κ1) is 19.4. The van der Waals surface area contributed by atoms with Crippen LogP contribution in [-0.4, -0.2) is 24.4 Å². The lowest BCUT2D eigenvalue weighted by Crippen LogP contribution is -2.47. The van der Waals surface area contributed by atoms with Gasteiger partial charge < -0.3 is 16.4 Å². The van der Waals surface area contributed by atoms with Crippen LogP contribution in [0.5, 0.6) is 0 Å². The van der Waals surface area contributed by atoms with Gasteiger partial charge in [0.15, 0.2) is 0 Å². The van der Waals surface area contributed by atoms with E-state index in [9.17, 15) is 9.59 Å². The Hall–Kier alpha value is -0.630. The highest BCUT2D eigenvalue weighted by molar-refractivity contribution is 9.11. The molecule has 0 saturated heterocycles. The summed E-state index contributed by atoms with van der Waals surface area (Å²) in [7, 11) is 0. The molecule has 1 aromatic heterocycles. The maximum absolute atomic E-state index is 11.5. The second kappa shape index (κ2) is 9.33. The summed E-state index contributed by atoms with van der Waals surface area (Å²) in [6.07, 6.45) is 0. The fourth-order valence-corrected chi connectivity index (χ4v) is 2.71. The van der Waals surface area contributed by atoms with Crippen molar-refractivity contribution in [1.82, 2.24) is 10.6 Å². The van der Waals surface area contributed by atoms with Gasteiger partial charge in [-0.2, -0.15) is 0 Å². The number of amides is 2. The molecule has 0 aromatic carbocycles. The molecule has 2 amide bonds. The predicted octanol–water partition coefficient (Wildman–Crippen LogP) is 1.65. The van der Waals surface area contributed by atoms with Gasteiger partial charge in [0, 0.05) is 4.88 Å². The first-order chi connectivity index (χ1) is 8.90. The number of carbonyl (C=O) groups excluding carboxylic acids is 2. The van der Waals surface area contributed by atoms with Crippen LogP contribution in [0, 0.1) is 5.92 Å². The Balaban J connectivity index is 0.00000361. The topological polar surface area (TPSA) is 84.2 Å². The van der Waals surface area contributed by atoms with E-state index in [-0.39, 0.29) is 36.7 Å². The van der Waals surface area contributed by atoms with Crippen LogP contribution in [0.2, 0.25) is 0 Å². The second-order valence-electron chi connectivity index (χ2n) is 4.47. The molecule has 0 saturated carbocycles. The number of halogens is 2. The van der Waals surface area contributed by atoms with Gasteiger partial charge in [0.2, 0.25) is 11.8 Å². The van der Waals surface area contributed by atoms with Crippen LogP contribution in [-0.2, 0) is 16.1 Å². The Morgan fingerprint density at radius 1 is 1.35 bits per heavy atom. The van der Waals surface area contributed by atoms with E-state index in [2.05, 4.69) is 26.6 Å². The minimum Gasteiger partial charge on any atom is -0.350 e. The summed E-state index contributed by atoms with van der Waals surface area (Å²) in [5, 5.41) is 5.25. The maximum atomic E-state index is 11.5. The zero-order valence-corrected chi connectivity index (χ0v) is 14.5. The van der Waals surface area contributed by atoms with Crippen molar-refractivity contribution in [3.63, 3.8) is 0 Å². The van der Waals surface area contributed by atoms with Gasteiger partial charge >= 0.3 is 0 Å². The number of carbonyl (C=O) groups is 2. The SMILES string of the molecule is CC(C)[C@H](N)C(=O)NCC(=O)NCc1ccc(Br)s1.Cl. The molecule has 0 bridgehead atoms. The summed E-state index contributed by atoms with van der Waals surface area (Å²) in [5.41, 5.74) is 5.67. The van der Waals surface area contributed by atoms with Crippen LogP contribution in [0.25, 0.3) is 0 Å². The van der Waals surface area contributed by atoms with Gasteiger partial charge in [-0.15, -0.1) is 23.7 Å². The van der Waals surface area contributed by atoms with Crippen molar-refractivity contribution in [3.05, 3.63) is 20.8 Å². The number of rotatable bonds is 6. The summed E-state index contributed by atoms with van der Waals surface area (Å²) < 4.78 is 1.02. The van der Waals surface area contributed by atoms with Gasteiger partial charge in [0.1, 0.15) is 0 Å². The van der Waals surface area contributed by atoms with Gasteiger partial charge in [-0.3, -0.25) is 9.59 Å². The molecule has 0 aliphatic carbocycles. The predicted molar refractivity (Wildman–Crippen MR) is 86.9 cm³/mol. The smallest absolute Gasteiger partial charge is 0.239 e. The summed E-state index contributed by atoms with van der Waals surface area (Å²) in [5.74, 6) is -0.482. The van der Waals surface area contributed by atoms with Crippen molar-refractivity contribution in [1.29, 1.82) is 0 Å². The van der Waals surface area contributed by atoms with E-state index >= 15 is 0 Å². The number of nitrogens with two attached hydrogens (primary N) is 1. The third-order valence-electron chi connectivity index (χ3n) is 2.53. The van der Waals surface area contributed by atoms with E-state index in [0.29, 0.717) is 6.54 Å². The van der Waals surface area contributed by atoms with E-state index in [1.54, 1.807) is 11.3 Å². The van der Waals surface area contributed by atoms with Crippen molar-refractivity contribution >= 4 is 51.5 Å². The van der Waals surface area contributed by atoms with Crippen LogP contribution in [0.1, 0.15) is 18.7 Å². The van der Waals surface area contributed by atoms with Gasteiger partial charge in [0.05, 0.1) is 22.9 Å². The first-order valence-electron chi connectivity index (χ1n) is 5.94. The molecule has 20 heavy (non-hydrogen) atoms. The molecule has 1 aromatic rings. The molecule has 1 heterocycles. The van der Waals surface area contributed by atoms with Crippen LogP contribution < -0.4 is 16.4 Å². The van der Waals surface area contributed by atoms with Crippen LogP contribution in [0.4, 0.5) is 0 Å². The van der Waals surface area contributed by atoms with Crippen molar-refractivity contribution in [3.8, 4) is 0 Å². The quantitative estimate of drug-likeness (QED) is 0.697. The lowest BCUT2D eigenvalue weighted by molar-refractivity contribution is -0.127. The number of hydrogen-bond acceptors (Lipinski definition) is 4. The molecule has 1 atom stereocenters. The molecule has 0 aliphatic heterocycles. The number of nitrogens with one attached hydrogen (secondary N) is 2. The average molecular weight is 385 g/mol. The minimum absolute atomic E-state index is 0. The lowest BCUT2D eigenvalue weighted by Gasteiger charge is -2.15. The Labute approximate surface area is 137 Å². The third kappa shape index (κ3) is 6.69. The summed E-state index contributed by atoms with van der Waals surface area (Å²) >= 11 is 4.91. The highest BCUT2D eigenvalue weighted by atomic mass is 79.9. The Morgan fingerprint density at radius 2 is 2.00 bits per heavy atom. The zero-order chi connectivity index (χ0) is 14.4. The molecule has 114 valence electrons. The Bertz CT molecular complexity index is 454. The van der Waals surface area contributed by atoms with Crippen LogP contribution in [0.15, 0.2) is 15.9 Å². The lowest BCUT2D eigenvalue weighted by atomic mass is 10.1. The maximum Gasteiger partial charge on any atom is 0.239 e. The van der Waals surface area contributed by atoms with Gasteiger partial charge in [0.25, 0.3) is 0 Å². The van der Waals surface area contributed by atoms with Gasteiger partial charge in [-0.1, -0.05) is 13.8 Å². The molecule has 8 heteroatoms. The summed E-state index contributed by atoms with van der Waals surface area (Å²) in [6, 6.07) is 3.28. The Kier molecular flexibility index (Phi) is 9.04. The zero-order valence-electron chi connectivity index (χ0n) is 11.3. The van der Waals surface area contributed by atoms with E-state index in [0.717, 1.165) is 8.66 Å². The molecule has 0 fully saturated rings. The molecule has 1 rings (SSSR count). The molecule has 0 radical (unpaired) electrons.